The number of aryl methyl sites for hydroxylation is 1. The Morgan fingerprint density at radius 3 is 2.37 bits per heavy atom. The zero-order valence-corrected chi connectivity index (χ0v) is 15.1. The number of nitrogens with zero attached hydrogens (tertiary/aromatic N) is 1. The van der Waals surface area contributed by atoms with E-state index in [1.807, 2.05) is 19.1 Å². The number of benzene rings is 2. The van der Waals surface area contributed by atoms with E-state index in [-0.39, 0.29) is 6.54 Å². The molecule has 0 aliphatic rings. The van der Waals surface area contributed by atoms with Gasteiger partial charge in [0.25, 0.3) is 0 Å². The van der Waals surface area contributed by atoms with E-state index in [0.717, 1.165) is 23.1 Å². The number of ether oxygens (including phenoxy) is 2. The monoisotopic (exact) mass is 376 g/mol. The van der Waals surface area contributed by atoms with E-state index in [4.69, 9.17) is 9.47 Å². The molecule has 1 heterocycles. The summed E-state index contributed by atoms with van der Waals surface area (Å²) in [4.78, 5) is 4.56. The van der Waals surface area contributed by atoms with Crippen molar-refractivity contribution in [1.82, 2.24) is 4.98 Å². The highest BCUT2D eigenvalue weighted by molar-refractivity contribution is 5.94. The minimum Gasteiger partial charge on any atom is -0.496 e. The Balaban J connectivity index is 1.92. The van der Waals surface area contributed by atoms with Crippen molar-refractivity contribution in [3.05, 3.63) is 59.2 Å². The number of anilines is 1. The van der Waals surface area contributed by atoms with Crippen molar-refractivity contribution < 1.29 is 22.6 Å². The lowest BCUT2D eigenvalue weighted by molar-refractivity contribution is -0.137. The SMILES string of the molecule is COc1ccc(OC)c2c(C)cc(NCc3cccc(C(F)(F)F)c3)nc12. The standard InChI is InChI=1S/C20H19F3N2O2/c1-12-9-17(24-11-13-5-4-6-14(10-13)20(21,22)23)25-19-16(27-3)8-7-15(26-2)18(12)19/h4-10H,11H2,1-3H3,(H,24,25). The van der Waals surface area contributed by atoms with Crippen molar-refractivity contribution in [2.45, 2.75) is 19.6 Å². The zero-order chi connectivity index (χ0) is 19.6. The molecule has 0 atom stereocenters. The molecule has 142 valence electrons. The fourth-order valence-corrected chi connectivity index (χ4v) is 2.95. The second-order valence-electron chi connectivity index (χ2n) is 6.07. The molecule has 4 nitrogen and oxygen atoms in total. The van der Waals surface area contributed by atoms with Crippen LogP contribution in [0.1, 0.15) is 16.7 Å². The Bertz CT molecular complexity index is 971. The topological polar surface area (TPSA) is 43.4 Å². The molecule has 0 amide bonds. The number of fused-ring (bicyclic) bond motifs is 1. The summed E-state index contributed by atoms with van der Waals surface area (Å²) in [7, 11) is 3.14. The van der Waals surface area contributed by atoms with E-state index in [0.29, 0.717) is 28.4 Å². The highest BCUT2D eigenvalue weighted by atomic mass is 19.4. The van der Waals surface area contributed by atoms with Crippen LogP contribution in [0.2, 0.25) is 0 Å². The average molecular weight is 376 g/mol. The Kier molecular flexibility index (Phi) is 5.12. The predicted octanol–water partition coefficient (Wildman–Crippen LogP) is 5.19. The van der Waals surface area contributed by atoms with Crippen molar-refractivity contribution in [3.8, 4) is 11.5 Å². The summed E-state index contributed by atoms with van der Waals surface area (Å²) in [5.74, 6) is 1.82. The van der Waals surface area contributed by atoms with Gasteiger partial charge < -0.3 is 14.8 Å². The van der Waals surface area contributed by atoms with E-state index < -0.39 is 11.7 Å². The number of hydrogen-bond acceptors (Lipinski definition) is 4. The molecular weight excluding hydrogens is 357 g/mol. The molecule has 0 saturated heterocycles. The maximum Gasteiger partial charge on any atom is 0.416 e. The van der Waals surface area contributed by atoms with Crippen LogP contribution in [0.4, 0.5) is 19.0 Å². The summed E-state index contributed by atoms with van der Waals surface area (Å²) in [6.07, 6.45) is -4.36. The molecule has 0 aliphatic carbocycles. The highest BCUT2D eigenvalue weighted by Gasteiger charge is 2.30. The van der Waals surface area contributed by atoms with Crippen LogP contribution in [0.5, 0.6) is 11.5 Å². The van der Waals surface area contributed by atoms with Gasteiger partial charge in [-0.3, -0.25) is 0 Å². The van der Waals surface area contributed by atoms with Crippen LogP contribution in [0.15, 0.2) is 42.5 Å². The van der Waals surface area contributed by atoms with Gasteiger partial charge in [0.1, 0.15) is 22.8 Å². The number of nitrogens with one attached hydrogen (secondary N) is 1. The number of aromatic nitrogens is 1. The Labute approximate surface area is 154 Å². The Morgan fingerprint density at radius 1 is 1.00 bits per heavy atom. The van der Waals surface area contributed by atoms with Crippen molar-refractivity contribution in [2.24, 2.45) is 0 Å². The predicted molar refractivity (Wildman–Crippen MR) is 98.4 cm³/mol. The maximum absolute atomic E-state index is 12.9. The molecule has 0 fully saturated rings. The Hall–Kier alpha value is -2.96. The van der Waals surface area contributed by atoms with E-state index in [9.17, 15) is 13.2 Å². The third-order valence-electron chi connectivity index (χ3n) is 4.25. The first-order valence-electron chi connectivity index (χ1n) is 8.26. The lowest BCUT2D eigenvalue weighted by Crippen LogP contribution is -2.07. The van der Waals surface area contributed by atoms with Gasteiger partial charge in [-0.25, -0.2) is 4.98 Å². The van der Waals surface area contributed by atoms with Gasteiger partial charge in [-0.1, -0.05) is 12.1 Å². The normalized spacial score (nSPS) is 11.5. The summed E-state index contributed by atoms with van der Waals surface area (Å²) in [5.41, 5.74) is 1.39. The van der Waals surface area contributed by atoms with E-state index >= 15 is 0 Å². The van der Waals surface area contributed by atoms with Crippen molar-refractivity contribution >= 4 is 16.7 Å². The Morgan fingerprint density at radius 2 is 1.70 bits per heavy atom. The summed E-state index contributed by atoms with van der Waals surface area (Å²) in [6, 6.07) is 10.6. The summed E-state index contributed by atoms with van der Waals surface area (Å²) >= 11 is 0. The van der Waals surface area contributed by atoms with Crippen LogP contribution >= 0.6 is 0 Å². The third-order valence-corrected chi connectivity index (χ3v) is 4.25. The smallest absolute Gasteiger partial charge is 0.416 e. The van der Waals surface area contributed by atoms with Gasteiger partial charge in [-0.15, -0.1) is 0 Å². The largest absolute Gasteiger partial charge is 0.496 e. The average Bonchev–Trinajstić information content (AvgIpc) is 2.65. The fraction of sp³-hybridized carbons (Fsp3) is 0.250. The molecule has 1 aromatic heterocycles. The molecule has 1 N–H and O–H groups in total. The molecule has 3 aromatic rings. The minimum absolute atomic E-state index is 0.216. The molecule has 2 aromatic carbocycles. The first-order valence-corrected chi connectivity index (χ1v) is 8.26. The second kappa shape index (κ2) is 7.34. The fourth-order valence-electron chi connectivity index (χ4n) is 2.95. The molecule has 27 heavy (non-hydrogen) atoms. The van der Waals surface area contributed by atoms with Gasteiger partial charge in [-0.05, 0) is 48.4 Å². The molecule has 0 spiro atoms. The van der Waals surface area contributed by atoms with Gasteiger partial charge in [-0.2, -0.15) is 13.2 Å². The van der Waals surface area contributed by atoms with Crippen molar-refractivity contribution in [1.29, 1.82) is 0 Å². The molecule has 0 saturated carbocycles. The highest BCUT2D eigenvalue weighted by Crippen LogP contribution is 2.35. The van der Waals surface area contributed by atoms with Crippen LogP contribution in [0.3, 0.4) is 0 Å². The molecule has 7 heteroatoms. The number of alkyl halides is 3. The quantitative estimate of drug-likeness (QED) is 0.665. The van der Waals surface area contributed by atoms with Crippen LogP contribution in [-0.4, -0.2) is 19.2 Å². The first kappa shape index (κ1) is 18.8. The molecule has 3 rings (SSSR count). The molecule has 0 unspecified atom stereocenters. The zero-order valence-electron chi connectivity index (χ0n) is 15.1. The first-order chi connectivity index (χ1) is 12.8. The number of hydrogen-bond donors (Lipinski definition) is 1. The molecule has 0 aliphatic heterocycles. The molecular formula is C20H19F3N2O2. The minimum atomic E-state index is -4.36. The van der Waals surface area contributed by atoms with Gasteiger partial charge in [0, 0.05) is 11.9 Å². The number of halogens is 3. The van der Waals surface area contributed by atoms with Gasteiger partial charge >= 0.3 is 6.18 Å². The maximum atomic E-state index is 12.9. The number of rotatable bonds is 5. The number of pyridine rings is 1. The molecule has 0 radical (unpaired) electrons. The van der Waals surface area contributed by atoms with Crippen LogP contribution in [0.25, 0.3) is 10.9 Å². The summed E-state index contributed by atoms with van der Waals surface area (Å²) < 4.78 is 49.3. The summed E-state index contributed by atoms with van der Waals surface area (Å²) in [5, 5.41) is 3.92. The van der Waals surface area contributed by atoms with Crippen LogP contribution in [-0.2, 0) is 12.7 Å². The third kappa shape index (κ3) is 3.92. The lowest BCUT2D eigenvalue weighted by atomic mass is 10.1. The van der Waals surface area contributed by atoms with Crippen molar-refractivity contribution in [3.63, 3.8) is 0 Å². The van der Waals surface area contributed by atoms with E-state index in [1.165, 1.54) is 6.07 Å². The molecule has 0 bridgehead atoms. The second-order valence-corrected chi connectivity index (χ2v) is 6.07. The number of methoxy groups -OCH3 is 2. The van der Waals surface area contributed by atoms with E-state index in [2.05, 4.69) is 10.3 Å². The van der Waals surface area contributed by atoms with Gasteiger partial charge in [0.15, 0.2) is 0 Å². The van der Waals surface area contributed by atoms with E-state index in [1.54, 1.807) is 26.4 Å². The lowest BCUT2D eigenvalue weighted by Gasteiger charge is -2.14. The van der Waals surface area contributed by atoms with Gasteiger partial charge in [0.2, 0.25) is 0 Å². The summed E-state index contributed by atoms with van der Waals surface area (Å²) in [6.45, 7) is 2.13. The van der Waals surface area contributed by atoms with Crippen LogP contribution < -0.4 is 14.8 Å². The van der Waals surface area contributed by atoms with Crippen molar-refractivity contribution in [2.75, 3.05) is 19.5 Å². The van der Waals surface area contributed by atoms with Gasteiger partial charge in [0.05, 0.1) is 19.8 Å². The van der Waals surface area contributed by atoms with Crippen LogP contribution in [0, 0.1) is 6.92 Å².